The molecular formula is C10H10AcN14O9Zn. The molecule has 0 saturated heterocycles. The fraction of sp³-hybridized carbons (Fsp3) is 0.200. The first kappa shape index (κ1) is 31.6. The number of aryl methyl sites for hydroxylation is 2. The van der Waals surface area contributed by atoms with E-state index in [4.69, 9.17) is 0 Å². The second-order valence-electron chi connectivity index (χ2n) is 5.18. The van der Waals surface area contributed by atoms with Crippen LogP contribution in [0.3, 0.4) is 0 Å². The van der Waals surface area contributed by atoms with E-state index in [1.165, 1.54) is 0 Å². The zero-order valence-corrected chi connectivity index (χ0v) is 25.1. The van der Waals surface area contributed by atoms with Gasteiger partial charge in [-0.2, -0.15) is 0 Å². The van der Waals surface area contributed by atoms with Crippen LogP contribution in [0.15, 0.2) is 28.7 Å². The van der Waals surface area contributed by atoms with Crippen molar-refractivity contribution >= 4 is 34.9 Å². The van der Waals surface area contributed by atoms with E-state index in [1.54, 1.807) is 13.8 Å². The van der Waals surface area contributed by atoms with Crippen LogP contribution in [0.1, 0.15) is 11.4 Å². The molecule has 0 fully saturated rings. The van der Waals surface area contributed by atoms with Crippen LogP contribution in [0.5, 0.6) is 0 Å². The second kappa shape index (κ2) is 14.8. The standard InChI is InChI=1S/C5H5N7O4.C5H3N7O4.Ac.H2O.Zn/c2*1-2-3(9-15-8-2)6-7-4-5(12(13)14)11-16-10-4;;;/h1H3,(H,6,9)(H,7,10);1H3;;1H2;. The molecule has 0 saturated carbocycles. The van der Waals surface area contributed by atoms with Gasteiger partial charge in [0, 0.05) is 73.9 Å². The Morgan fingerprint density at radius 2 is 1.14 bits per heavy atom. The van der Waals surface area contributed by atoms with Gasteiger partial charge < -0.3 is 25.7 Å². The van der Waals surface area contributed by atoms with Crippen LogP contribution >= 0.6 is 0 Å². The number of nitro groups is 2. The number of hydrogen-bond donors (Lipinski definition) is 2. The Morgan fingerprint density at radius 1 is 0.686 bits per heavy atom. The first-order valence-corrected chi connectivity index (χ1v) is 7.82. The largest absolute Gasteiger partial charge is 0.462 e. The Hall–Kier alpha value is -3.42. The van der Waals surface area contributed by atoms with Crippen molar-refractivity contribution in [1.29, 1.82) is 0 Å². The summed E-state index contributed by atoms with van der Waals surface area (Å²) in [5, 5.41) is 54.3. The zero-order chi connectivity index (χ0) is 23.1. The number of hydrogen-bond acceptors (Lipinski definition) is 20. The molecule has 0 amide bonds. The van der Waals surface area contributed by atoms with Crippen LogP contribution in [0.25, 0.3) is 0 Å². The molecule has 4 N–H and O–H groups in total. The number of azo groups is 1. The third kappa shape index (κ3) is 8.39. The Labute approximate surface area is 238 Å². The van der Waals surface area contributed by atoms with Crippen LogP contribution in [-0.2, 0) is 19.5 Å². The monoisotopic (exact) mass is 761 g/mol. The van der Waals surface area contributed by atoms with Crippen molar-refractivity contribution in [1.82, 2.24) is 41.3 Å². The average molecular weight is 763 g/mol. The molecule has 0 unspecified atom stereocenters. The summed E-state index contributed by atoms with van der Waals surface area (Å²) in [6.45, 7) is 3.22. The molecule has 23 nitrogen and oxygen atoms in total. The third-order valence-corrected chi connectivity index (χ3v) is 3.09. The van der Waals surface area contributed by atoms with E-state index in [9.17, 15) is 20.2 Å². The van der Waals surface area contributed by atoms with Gasteiger partial charge in [-0.15, -0.1) is 19.5 Å². The fourth-order valence-electron chi connectivity index (χ4n) is 1.62. The van der Waals surface area contributed by atoms with Crippen molar-refractivity contribution in [3.8, 4) is 0 Å². The minimum absolute atomic E-state index is 0. The topological polar surface area (TPSA) is 322 Å². The van der Waals surface area contributed by atoms with E-state index < -0.39 is 21.5 Å². The fourth-order valence-corrected chi connectivity index (χ4v) is 1.62. The van der Waals surface area contributed by atoms with Gasteiger partial charge in [-0.3, -0.25) is 10.9 Å². The molecule has 0 atom stereocenters. The van der Waals surface area contributed by atoms with Crippen molar-refractivity contribution in [2.75, 3.05) is 10.9 Å². The van der Waals surface area contributed by atoms with Crippen molar-refractivity contribution in [2.24, 2.45) is 10.2 Å². The Bertz CT molecular complexity index is 1250. The number of nitrogens with zero attached hydrogens (tertiary/aromatic N) is 12. The van der Waals surface area contributed by atoms with E-state index in [1.807, 2.05) is 0 Å². The average Bonchev–Trinajstić information content (AvgIpc) is 3.53. The summed E-state index contributed by atoms with van der Waals surface area (Å²) >= 11 is 0. The third-order valence-electron chi connectivity index (χ3n) is 3.09. The van der Waals surface area contributed by atoms with Crippen LogP contribution < -0.4 is 10.9 Å². The number of aromatic nitrogens is 8. The van der Waals surface area contributed by atoms with Gasteiger partial charge in [-0.25, -0.2) is 9.26 Å². The Morgan fingerprint density at radius 3 is 1.71 bits per heavy atom. The first-order chi connectivity index (χ1) is 15.4. The van der Waals surface area contributed by atoms with Gasteiger partial charge in [-0.05, 0) is 34.0 Å². The predicted molar refractivity (Wildman–Crippen MR) is 95.0 cm³/mol. The summed E-state index contributed by atoms with van der Waals surface area (Å²) < 4.78 is 17.1. The second-order valence-corrected chi connectivity index (χ2v) is 5.18. The number of anilines is 2. The quantitative estimate of drug-likeness (QED) is 0.111. The van der Waals surface area contributed by atoms with E-state index in [-0.39, 0.29) is 92.3 Å². The number of rotatable bonds is 7. The molecular weight excluding hydrogens is 753 g/mol. The summed E-state index contributed by atoms with van der Waals surface area (Å²) in [6, 6.07) is 0. The minimum Gasteiger partial charge on any atom is -0.412 e. The summed E-state index contributed by atoms with van der Waals surface area (Å²) in [5.74, 6) is -1.33. The van der Waals surface area contributed by atoms with Gasteiger partial charge in [0.25, 0.3) is 5.82 Å². The van der Waals surface area contributed by atoms with Gasteiger partial charge in [-0.1, -0.05) is 10.3 Å². The van der Waals surface area contributed by atoms with Gasteiger partial charge >= 0.3 is 17.5 Å². The molecule has 1 radical (unpaired) electrons. The maximum atomic E-state index is 10.4. The van der Waals surface area contributed by atoms with Gasteiger partial charge in [0.15, 0.2) is 10.3 Å². The SMILES string of the molecule is Cc1nonc1N=Nc1nonc1[N+](=O)[O-].Cc1nonc1NNc1nonc1[N+](=O)[O-].O.[Ac].[Zn]. The van der Waals surface area contributed by atoms with Crippen molar-refractivity contribution < 1.29 is 97.4 Å². The maximum absolute atomic E-state index is 10.4. The molecule has 35 heavy (non-hydrogen) atoms. The molecule has 25 heteroatoms. The summed E-state index contributed by atoms with van der Waals surface area (Å²) in [4.78, 5) is 19.3. The molecule has 0 aliphatic heterocycles. The molecule has 0 spiro atoms. The molecule has 0 aromatic carbocycles. The molecule has 4 rings (SSSR count). The Kier molecular flexibility index (Phi) is 13.3. The maximum Gasteiger partial charge on any atom is 0.462 e. The van der Waals surface area contributed by atoms with Gasteiger partial charge in [0.05, 0.1) is 0 Å². The molecule has 4 aromatic rings. The summed E-state index contributed by atoms with van der Waals surface area (Å²) in [7, 11) is 0. The number of hydrazine groups is 1. The first-order valence-electron chi connectivity index (χ1n) is 7.82. The smallest absolute Gasteiger partial charge is 0.412 e. The van der Waals surface area contributed by atoms with Crippen molar-refractivity contribution in [3.05, 3.63) is 31.6 Å². The summed E-state index contributed by atoms with van der Waals surface area (Å²) in [6.07, 6.45) is 0. The van der Waals surface area contributed by atoms with Crippen molar-refractivity contribution in [2.45, 2.75) is 13.8 Å². The van der Waals surface area contributed by atoms with Gasteiger partial charge in [0.1, 0.15) is 11.4 Å². The molecule has 4 heterocycles. The van der Waals surface area contributed by atoms with Crippen LogP contribution in [0, 0.1) is 78.1 Å². The van der Waals surface area contributed by atoms with E-state index >= 15 is 0 Å². The number of nitrogens with one attached hydrogen (secondary N) is 2. The van der Waals surface area contributed by atoms with Crippen LogP contribution in [0.2, 0.25) is 0 Å². The minimum atomic E-state index is -0.793. The van der Waals surface area contributed by atoms with Crippen molar-refractivity contribution in [3.63, 3.8) is 0 Å². The van der Waals surface area contributed by atoms with Gasteiger partial charge in [0.2, 0.25) is 11.6 Å². The van der Waals surface area contributed by atoms with Crippen LogP contribution in [0.4, 0.5) is 34.9 Å². The molecule has 179 valence electrons. The molecule has 0 aliphatic rings. The predicted octanol–water partition coefficient (Wildman–Crippen LogP) is 0.366. The summed E-state index contributed by atoms with van der Waals surface area (Å²) in [5.41, 5.74) is 5.77. The van der Waals surface area contributed by atoms with E-state index in [0.29, 0.717) is 11.4 Å². The Balaban J connectivity index is 0.000000608. The normalized spacial score (nSPS) is 9.66. The molecule has 4 aromatic heterocycles. The zero-order valence-electron chi connectivity index (χ0n) is 17.4. The van der Waals surface area contributed by atoms with E-state index in [0.717, 1.165) is 0 Å². The molecule has 0 aliphatic carbocycles. The molecule has 0 bridgehead atoms. The van der Waals surface area contributed by atoms with E-state index in [2.05, 4.69) is 80.8 Å². The van der Waals surface area contributed by atoms with Crippen LogP contribution in [-0.4, -0.2) is 56.6 Å².